The zero-order chi connectivity index (χ0) is 19.8. The second-order valence-electron chi connectivity index (χ2n) is 6.81. The molecule has 0 spiro atoms. The third-order valence-corrected chi connectivity index (χ3v) is 5.03. The highest BCUT2D eigenvalue weighted by Gasteiger charge is 2.25. The minimum Gasteiger partial charge on any atom is -0.493 e. The molecule has 0 aliphatic carbocycles. The van der Waals surface area contributed by atoms with Gasteiger partial charge in [0.25, 0.3) is 5.91 Å². The number of para-hydroxylation sites is 1. The predicted molar refractivity (Wildman–Crippen MR) is 112 cm³/mol. The molecule has 5 nitrogen and oxygen atoms in total. The van der Waals surface area contributed by atoms with Crippen molar-refractivity contribution in [2.24, 2.45) is 0 Å². The predicted octanol–water partition coefficient (Wildman–Crippen LogP) is 4.97. The molecule has 3 aromatic rings. The Balaban J connectivity index is 1.52. The third kappa shape index (κ3) is 3.10. The topological polar surface area (TPSA) is 56.8 Å². The fraction of sp³-hybridized carbons (Fsp3) is 0.125. The normalized spacial score (nSPS) is 15.3. The van der Waals surface area contributed by atoms with Crippen LogP contribution in [0.2, 0.25) is 0 Å². The molecule has 0 radical (unpaired) electrons. The van der Waals surface area contributed by atoms with Gasteiger partial charge in [-0.15, -0.1) is 0 Å². The minimum absolute atomic E-state index is 0.117. The maximum Gasteiger partial charge on any atom is 0.256 e. The van der Waals surface area contributed by atoms with Crippen molar-refractivity contribution in [1.82, 2.24) is 0 Å². The van der Waals surface area contributed by atoms with Gasteiger partial charge in [-0.25, -0.2) is 0 Å². The average Bonchev–Trinajstić information content (AvgIpc) is 3.33. The minimum atomic E-state index is -0.117. The molecule has 1 N–H and O–H groups in total. The van der Waals surface area contributed by atoms with E-state index >= 15 is 0 Å². The molecule has 0 saturated carbocycles. The second-order valence-corrected chi connectivity index (χ2v) is 6.81. The monoisotopic (exact) mass is 385 g/mol. The van der Waals surface area contributed by atoms with Gasteiger partial charge in [0, 0.05) is 22.4 Å². The highest BCUT2D eigenvalue weighted by atomic mass is 16.7. The van der Waals surface area contributed by atoms with Crippen molar-refractivity contribution in [3.05, 3.63) is 71.8 Å². The number of anilines is 1. The van der Waals surface area contributed by atoms with Crippen LogP contribution in [-0.4, -0.2) is 19.3 Å². The van der Waals surface area contributed by atoms with Gasteiger partial charge in [-0.3, -0.25) is 4.79 Å². The van der Waals surface area contributed by atoms with Gasteiger partial charge < -0.3 is 19.5 Å². The number of fused-ring (bicyclic) bond motifs is 2. The largest absolute Gasteiger partial charge is 0.493 e. The molecule has 5 rings (SSSR count). The van der Waals surface area contributed by atoms with Gasteiger partial charge in [0.1, 0.15) is 5.75 Å². The smallest absolute Gasteiger partial charge is 0.256 e. The Kier molecular flexibility index (Phi) is 4.21. The SMILES string of the molecule is CCOc1ccccc1C=C1C(=O)Nc2cc(-c3ccc4c(c3)OCO4)ccc21. The summed E-state index contributed by atoms with van der Waals surface area (Å²) in [5, 5.41) is 2.98. The number of benzene rings is 3. The van der Waals surface area contributed by atoms with Crippen molar-refractivity contribution < 1.29 is 19.0 Å². The summed E-state index contributed by atoms with van der Waals surface area (Å²) in [6, 6.07) is 19.5. The summed E-state index contributed by atoms with van der Waals surface area (Å²) >= 11 is 0. The highest BCUT2D eigenvalue weighted by Crippen LogP contribution is 2.40. The van der Waals surface area contributed by atoms with Crippen LogP contribution >= 0.6 is 0 Å². The molecule has 0 aromatic heterocycles. The molecule has 0 unspecified atom stereocenters. The van der Waals surface area contributed by atoms with E-state index in [2.05, 4.69) is 5.32 Å². The molecular formula is C24H19NO4. The van der Waals surface area contributed by atoms with E-state index in [4.69, 9.17) is 14.2 Å². The van der Waals surface area contributed by atoms with E-state index in [1.54, 1.807) is 0 Å². The lowest BCUT2D eigenvalue weighted by atomic mass is 9.99. The summed E-state index contributed by atoms with van der Waals surface area (Å²) in [6.07, 6.45) is 1.88. The summed E-state index contributed by atoms with van der Waals surface area (Å²) in [5.74, 6) is 2.14. The lowest BCUT2D eigenvalue weighted by molar-refractivity contribution is -0.110. The van der Waals surface area contributed by atoms with Gasteiger partial charge in [0.05, 0.1) is 6.61 Å². The molecule has 0 fully saturated rings. The van der Waals surface area contributed by atoms with Crippen molar-refractivity contribution in [1.29, 1.82) is 0 Å². The molecule has 144 valence electrons. The van der Waals surface area contributed by atoms with Crippen LogP contribution in [-0.2, 0) is 4.79 Å². The Morgan fingerprint density at radius 1 is 1.00 bits per heavy atom. The van der Waals surface area contributed by atoms with Crippen molar-refractivity contribution >= 4 is 23.2 Å². The van der Waals surface area contributed by atoms with Crippen molar-refractivity contribution in [2.45, 2.75) is 6.92 Å². The molecule has 5 heteroatoms. The zero-order valence-corrected chi connectivity index (χ0v) is 15.9. The molecule has 1 amide bonds. The Hall–Kier alpha value is -3.73. The number of carbonyl (C=O) groups excluding carboxylic acids is 1. The number of carbonyl (C=O) groups is 1. The Morgan fingerprint density at radius 2 is 1.79 bits per heavy atom. The Bertz CT molecular complexity index is 1150. The quantitative estimate of drug-likeness (QED) is 0.644. The summed E-state index contributed by atoms with van der Waals surface area (Å²) in [7, 11) is 0. The molecule has 3 aromatic carbocycles. The van der Waals surface area contributed by atoms with Gasteiger partial charge >= 0.3 is 0 Å². The first-order valence-corrected chi connectivity index (χ1v) is 9.52. The average molecular weight is 385 g/mol. The lowest BCUT2D eigenvalue weighted by Gasteiger charge is -2.08. The number of hydrogen-bond acceptors (Lipinski definition) is 4. The van der Waals surface area contributed by atoms with Gasteiger partial charge in [-0.05, 0) is 48.4 Å². The molecule has 2 heterocycles. The molecule has 2 aliphatic heterocycles. The third-order valence-electron chi connectivity index (χ3n) is 5.03. The van der Waals surface area contributed by atoms with E-state index in [-0.39, 0.29) is 12.7 Å². The molecular weight excluding hydrogens is 366 g/mol. The number of rotatable bonds is 4. The van der Waals surface area contributed by atoms with E-state index in [0.29, 0.717) is 12.2 Å². The molecule has 0 bridgehead atoms. The maximum atomic E-state index is 12.6. The fourth-order valence-corrected chi connectivity index (χ4v) is 3.64. The lowest BCUT2D eigenvalue weighted by Crippen LogP contribution is -2.03. The van der Waals surface area contributed by atoms with Gasteiger partial charge in [0.15, 0.2) is 11.5 Å². The van der Waals surface area contributed by atoms with E-state index in [1.165, 1.54) is 0 Å². The number of hydrogen-bond donors (Lipinski definition) is 1. The number of nitrogens with one attached hydrogen (secondary N) is 1. The summed E-state index contributed by atoms with van der Waals surface area (Å²) in [5.41, 5.74) is 5.19. The number of ether oxygens (including phenoxy) is 3. The first-order chi connectivity index (χ1) is 14.2. The number of amides is 1. The Labute approximate surface area is 168 Å². The van der Waals surface area contributed by atoms with E-state index in [0.717, 1.165) is 45.2 Å². The standard InChI is InChI=1S/C24H19NO4/c1-2-27-21-6-4-3-5-17(21)11-19-18-9-7-15(12-20(18)25-24(19)26)16-8-10-22-23(13-16)29-14-28-22/h3-13H,2,14H2,1H3,(H,25,26). The van der Waals surface area contributed by atoms with E-state index in [9.17, 15) is 4.79 Å². The van der Waals surface area contributed by atoms with Crippen LogP contribution < -0.4 is 19.5 Å². The molecule has 2 aliphatic rings. The molecule has 29 heavy (non-hydrogen) atoms. The van der Waals surface area contributed by atoms with E-state index < -0.39 is 0 Å². The van der Waals surface area contributed by atoms with Crippen LogP contribution in [0.15, 0.2) is 60.7 Å². The van der Waals surface area contributed by atoms with Crippen molar-refractivity contribution in [2.75, 3.05) is 18.7 Å². The highest BCUT2D eigenvalue weighted by molar-refractivity contribution is 6.35. The van der Waals surface area contributed by atoms with Crippen LogP contribution in [0.25, 0.3) is 22.8 Å². The fourth-order valence-electron chi connectivity index (χ4n) is 3.64. The molecule has 0 atom stereocenters. The van der Waals surface area contributed by atoms with Gasteiger partial charge in [-0.2, -0.15) is 0 Å². The summed E-state index contributed by atoms with van der Waals surface area (Å²) in [4.78, 5) is 12.6. The Morgan fingerprint density at radius 3 is 2.69 bits per heavy atom. The first kappa shape index (κ1) is 17.4. The van der Waals surface area contributed by atoms with Crippen LogP contribution in [0.5, 0.6) is 17.2 Å². The van der Waals surface area contributed by atoms with Gasteiger partial charge in [0.2, 0.25) is 6.79 Å². The second kappa shape index (κ2) is 7.02. The van der Waals surface area contributed by atoms with Crippen molar-refractivity contribution in [3.63, 3.8) is 0 Å². The van der Waals surface area contributed by atoms with Crippen LogP contribution in [0.1, 0.15) is 18.1 Å². The summed E-state index contributed by atoms with van der Waals surface area (Å²) in [6.45, 7) is 2.76. The zero-order valence-electron chi connectivity index (χ0n) is 15.9. The van der Waals surface area contributed by atoms with Crippen molar-refractivity contribution in [3.8, 4) is 28.4 Å². The van der Waals surface area contributed by atoms with Crippen LogP contribution in [0.3, 0.4) is 0 Å². The van der Waals surface area contributed by atoms with Crippen LogP contribution in [0, 0.1) is 0 Å². The summed E-state index contributed by atoms with van der Waals surface area (Å²) < 4.78 is 16.5. The first-order valence-electron chi connectivity index (χ1n) is 9.52. The van der Waals surface area contributed by atoms with Gasteiger partial charge in [-0.1, -0.05) is 36.4 Å². The maximum absolute atomic E-state index is 12.6. The molecule has 0 saturated heterocycles. The van der Waals surface area contributed by atoms with Crippen LogP contribution in [0.4, 0.5) is 5.69 Å². The van der Waals surface area contributed by atoms with E-state index in [1.807, 2.05) is 73.7 Å².